The van der Waals surface area contributed by atoms with Gasteiger partial charge in [-0.25, -0.2) is 4.98 Å². The fourth-order valence-corrected chi connectivity index (χ4v) is 2.96. The quantitative estimate of drug-likeness (QED) is 0.496. The number of aryl methyl sites for hydroxylation is 1. The van der Waals surface area contributed by atoms with E-state index in [1.54, 1.807) is 41.7 Å². The molecule has 0 saturated heterocycles. The third-order valence-corrected chi connectivity index (χ3v) is 4.53. The molecule has 0 saturated carbocycles. The van der Waals surface area contributed by atoms with Crippen molar-refractivity contribution >= 4 is 29.2 Å². The molecule has 2 aromatic carbocycles. The molecular formula is C21H19N3O3S. The summed E-state index contributed by atoms with van der Waals surface area (Å²) in [6, 6.07) is 16.0. The fraction of sp³-hybridized carbons (Fsp3) is 0.0952. The van der Waals surface area contributed by atoms with E-state index in [9.17, 15) is 9.59 Å². The zero-order valence-corrected chi connectivity index (χ0v) is 16.0. The minimum atomic E-state index is -0.450. The van der Waals surface area contributed by atoms with Crippen molar-refractivity contribution in [2.24, 2.45) is 0 Å². The summed E-state index contributed by atoms with van der Waals surface area (Å²) < 4.78 is 5.82. The molecule has 142 valence electrons. The molecule has 7 heteroatoms. The molecule has 1 aromatic heterocycles. The van der Waals surface area contributed by atoms with Gasteiger partial charge in [0.25, 0.3) is 11.8 Å². The molecule has 0 atom stereocenters. The number of thiazole rings is 1. The Morgan fingerprint density at radius 1 is 1.07 bits per heavy atom. The smallest absolute Gasteiger partial charge is 0.269 e. The van der Waals surface area contributed by atoms with E-state index in [1.807, 2.05) is 42.6 Å². The fourth-order valence-electron chi connectivity index (χ4n) is 2.36. The van der Waals surface area contributed by atoms with Crippen LogP contribution in [0.15, 0.2) is 66.1 Å². The normalized spacial score (nSPS) is 10.6. The van der Waals surface area contributed by atoms with Crippen LogP contribution in [0, 0.1) is 6.92 Å². The Morgan fingerprint density at radius 3 is 2.57 bits per heavy atom. The van der Waals surface area contributed by atoms with Gasteiger partial charge in [-0.05, 0) is 31.2 Å². The maximum atomic E-state index is 12.0. The standard InChI is InChI=1S/C21H19N3O3S/c1-15-22-18(14-28-15)13-27-19-10-6-5-7-16(19)11-12-20(25)23-24-21(26)17-8-3-2-4-9-17/h2-12,14H,13H2,1H3,(H,23,25)(H,24,26)/b12-11+. The van der Waals surface area contributed by atoms with Gasteiger partial charge in [0.2, 0.25) is 0 Å². The van der Waals surface area contributed by atoms with Gasteiger partial charge in [-0.2, -0.15) is 0 Å². The van der Waals surface area contributed by atoms with Gasteiger partial charge in [0.05, 0.1) is 10.7 Å². The summed E-state index contributed by atoms with van der Waals surface area (Å²) in [5.41, 5.74) is 6.80. The SMILES string of the molecule is Cc1nc(COc2ccccc2/C=C/C(=O)NNC(=O)c2ccccc2)cs1. The van der Waals surface area contributed by atoms with E-state index in [1.165, 1.54) is 6.08 Å². The van der Waals surface area contributed by atoms with Gasteiger partial charge in [-0.3, -0.25) is 20.4 Å². The average molecular weight is 393 g/mol. The molecule has 0 unspecified atom stereocenters. The van der Waals surface area contributed by atoms with Crippen LogP contribution in [0.2, 0.25) is 0 Å². The van der Waals surface area contributed by atoms with Crippen molar-refractivity contribution in [1.82, 2.24) is 15.8 Å². The van der Waals surface area contributed by atoms with Gasteiger partial charge in [-0.15, -0.1) is 11.3 Å². The lowest BCUT2D eigenvalue weighted by Gasteiger charge is -2.08. The van der Waals surface area contributed by atoms with Gasteiger partial charge in [0.15, 0.2) is 0 Å². The number of benzene rings is 2. The highest BCUT2D eigenvalue weighted by molar-refractivity contribution is 7.09. The number of rotatable bonds is 6. The molecule has 0 aliphatic heterocycles. The summed E-state index contributed by atoms with van der Waals surface area (Å²) in [5.74, 6) is -0.190. The molecule has 0 aliphatic carbocycles. The van der Waals surface area contributed by atoms with Crippen LogP contribution in [-0.4, -0.2) is 16.8 Å². The van der Waals surface area contributed by atoms with E-state index in [0.29, 0.717) is 17.9 Å². The molecule has 0 radical (unpaired) electrons. The maximum absolute atomic E-state index is 12.0. The lowest BCUT2D eigenvalue weighted by Crippen LogP contribution is -2.40. The molecule has 0 fully saturated rings. The molecule has 2 amide bonds. The van der Waals surface area contributed by atoms with Crippen LogP contribution in [0.5, 0.6) is 5.75 Å². The monoisotopic (exact) mass is 393 g/mol. The van der Waals surface area contributed by atoms with Gasteiger partial charge in [-0.1, -0.05) is 36.4 Å². The second-order valence-corrected chi connectivity index (χ2v) is 6.89. The predicted molar refractivity (Wildman–Crippen MR) is 109 cm³/mol. The van der Waals surface area contributed by atoms with Gasteiger partial charge < -0.3 is 4.74 Å². The van der Waals surface area contributed by atoms with E-state index in [4.69, 9.17) is 4.74 Å². The number of hydrogen-bond acceptors (Lipinski definition) is 5. The Balaban J connectivity index is 1.56. The molecule has 6 nitrogen and oxygen atoms in total. The van der Waals surface area contributed by atoms with Crippen LogP contribution in [0.25, 0.3) is 6.08 Å². The van der Waals surface area contributed by atoms with E-state index in [-0.39, 0.29) is 5.91 Å². The predicted octanol–water partition coefficient (Wildman–Crippen LogP) is 3.50. The Hall–Kier alpha value is -3.45. The summed E-state index contributed by atoms with van der Waals surface area (Å²) in [6.07, 6.45) is 2.96. The Labute approximate surface area is 166 Å². The van der Waals surface area contributed by atoms with E-state index in [2.05, 4.69) is 15.8 Å². The molecule has 0 bridgehead atoms. The van der Waals surface area contributed by atoms with E-state index >= 15 is 0 Å². The number of para-hydroxylation sites is 1. The first-order chi connectivity index (χ1) is 13.6. The number of carbonyl (C=O) groups excluding carboxylic acids is 2. The molecule has 3 rings (SSSR count). The lowest BCUT2D eigenvalue weighted by molar-refractivity contribution is -0.117. The lowest BCUT2D eigenvalue weighted by atomic mass is 10.2. The number of nitrogens with one attached hydrogen (secondary N) is 2. The van der Waals surface area contributed by atoms with Crippen LogP contribution in [0.4, 0.5) is 0 Å². The first-order valence-electron chi connectivity index (χ1n) is 8.58. The third-order valence-electron chi connectivity index (χ3n) is 3.71. The number of ether oxygens (including phenoxy) is 1. The number of nitrogens with zero attached hydrogens (tertiary/aromatic N) is 1. The van der Waals surface area contributed by atoms with Gasteiger partial charge in [0, 0.05) is 22.6 Å². The third kappa shape index (κ3) is 5.52. The number of hydrogen-bond donors (Lipinski definition) is 2. The van der Waals surface area contributed by atoms with Crippen LogP contribution in [-0.2, 0) is 11.4 Å². The molecule has 0 spiro atoms. The highest BCUT2D eigenvalue weighted by Gasteiger charge is 2.06. The highest BCUT2D eigenvalue weighted by Crippen LogP contribution is 2.21. The Bertz CT molecular complexity index is 983. The largest absolute Gasteiger partial charge is 0.487 e. The Morgan fingerprint density at radius 2 is 1.82 bits per heavy atom. The van der Waals surface area contributed by atoms with Gasteiger partial charge in [0.1, 0.15) is 12.4 Å². The molecule has 1 heterocycles. The summed E-state index contributed by atoms with van der Waals surface area (Å²) in [4.78, 5) is 28.3. The Kier molecular flexibility index (Phi) is 6.54. The second-order valence-electron chi connectivity index (χ2n) is 5.83. The zero-order valence-electron chi connectivity index (χ0n) is 15.2. The van der Waals surface area contributed by atoms with E-state index < -0.39 is 5.91 Å². The molecule has 2 N–H and O–H groups in total. The maximum Gasteiger partial charge on any atom is 0.269 e. The number of hydrazine groups is 1. The topological polar surface area (TPSA) is 80.3 Å². The van der Waals surface area contributed by atoms with Crippen molar-refractivity contribution in [3.63, 3.8) is 0 Å². The minimum Gasteiger partial charge on any atom is -0.487 e. The summed E-state index contributed by atoms with van der Waals surface area (Å²) in [5, 5.41) is 2.94. The van der Waals surface area contributed by atoms with Crippen molar-refractivity contribution in [2.45, 2.75) is 13.5 Å². The molecule has 28 heavy (non-hydrogen) atoms. The van der Waals surface area contributed by atoms with Crippen LogP contribution in [0.1, 0.15) is 26.6 Å². The number of amides is 2. The van der Waals surface area contributed by atoms with Crippen molar-refractivity contribution in [3.05, 3.63) is 87.9 Å². The molecule has 0 aliphatic rings. The van der Waals surface area contributed by atoms with Crippen molar-refractivity contribution < 1.29 is 14.3 Å². The minimum absolute atomic E-state index is 0.356. The average Bonchev–Trinajstić information content (AvgIpc) is 3.15. The first kappa shape index (κ1) is 19.3. The van der Waals surface area contributed by atoms with Gasteiger partial charge >= 0.3 is 0 Å². The summed E-state index contributed by atoms with van der Waals surface area (Å²) in [6.45, 7) is 2.30. The van der Waals surface area contributed by atoms with Crippen molar-refractivity contribution in [1.29, 1.82) is 0 Å². The van der Waals surface area contributed by atoms with Crippen LogP contribution < -0.4 is 15.6 Å². The summed E-state index contributed by atoms with van der Waals surface area (Å²) in [7, 11) is 0. The van der Waals surface area contributed by atoms with E-state index in [0.717, 1.165) is 16.3 Å². The first-order valence-corrected chi connectivity index (χ1v) is 9.46. The van der Waals surface area contributed by atoms with Crippen molar-refractivity contribution in [2.75, 3.05) is 0 Å². The summed E-state index contributed by atoms with van der Waals surface area (Å²) >= 11 is 1.57. The number of aromatic nitrogens is 1. The highest BCUT2D eigenvalue weighted by atomic mass is 32.1. The van der Waals surface area contributed by atoms with Crippen LogP contribution in [0.3, 0.4) is 0 Å². The zero-order chi connectivity index (χ0) is 19.8. The number of carbonyl (C=O) groups is 2. The van der Waals surface area contributed by atoms with Crippen LogP contribution >= 0.6 is 11.3 Å². The molecule has 3 aromatic rings. The van der Waals surface area contributed by atoms with Crippen molar-refractivity contribution in [3.8, 4) is 5.75 Å². The second kappa shape index (κ2) is 9.48. The molecular weight excluding hydrogens is 374 g/mol.